The second-order valence-electron chi connectivity index (χ2n) is 4.45. The summed E-state index contributed by atoms with van der Waals surface area (Å²) < 4.78 is 0. The van der Waals surface area contributed by atoms with Gasteiger partial charge in [0, 0.05) is 6.42 Å². The van der Waals surface area contributed by atoms with Gasteiger partial charge in [0.2, 0.25) is 11.8 Å². The van der Waals surface area contributed by atoms with Crippen LogP contribution in [0.25, 0.3) is 0 Å². The van der Waals surface area contributed by atoms with E-state index in [9.17, 15) is 14.4 Å². The fourth-order valence-corrected chi connectivity index (χ4v) is 2.03. The summed E-state index contributed by atoms with van der Waals surface area (Å²) in [6.45, 7) is 1.72. The molecule has 1 aromatic carbocycles. The summed E-state index contributed by atoms with van der Waals surface area (Å²) in [7, 11) is 0. The molecule has 1 fully saturated rings. The average Bonchev–Trinajstić information content (AvgIpc) is 2.78. The van der Waals surface area contributed by atoms with E-state index in [0.717, 1.165) is 0 Å². The van der Waals surface area contributed by atoms with E-state index < -0.39 is 12.0 Å². The molecule has 0 aliphatic carbocycles. The number of amides is 2. The second kappa shape index (κ2) is 5.09. The maximum Gasteiger partial charge on any atom is 0.337 e. The van der Waals surface area contributed by atoms with Gasteiger partial charge in [-0.1, -0.05) is 12.1 Å². The number of carboxylic acid groups (broad SMARTS) is 1. The van der Waals surface area contributed by atoms with Gasteiger partial charge in [0.05, 0.1) is 11.3 Å². The molecule has 0 radical (unpaired) electrons. The zero-order valence-corrected chi connectivity index (χ0v) is 10.4. The van der Waals surface area contributed by atoms with E-state index in [1.807, 2.05) is 0 Å². The third-order valence-corrected chi connectivity index (χ3v) is 3.06. The first-order valence-corrected chi connectivity index (χ1v) is 5.92. The monoisotopic (exact) mass is 262 g/mol. The number of carbonyl (C=O) groups is 3. The lowest BCUT2D eigenvalue weighted by molar-refractivity contribution is -0.122. The van der Waals surface area contributed by atoms with E-state index in [1.54, 1.807) is 19.1 Å². The van der Waals surface area contributed by atoms with Crippen LogP contribution in [0.2, 0.25) is 0 Å². The summed E-state index contributed by atoms with van der Waals surface area (Å²) in [5.74, 6) is -1.65. The minimum atomic E-state index is -1.10. The van der Waals surface area contributed by atoms with E-state index in [0.29, 0.717) is 18.4 Å². The van der Waals surface area contributed by atoms with Crippen molar-refractivity contribution in [1.29, 1.82) is 0 Å². The molecule has 100 valence electrons. The number of para-hydroxylation sites is 1. The van der Waals surface area contributed by atoms with Gasteiger partial charge >= 0.3 is 5.97 Å². The second-order valence-corrected chi connectivity index (χ2v) is 4.45. The molecular weight excluding hydrogens is 248 g/mol. The van der Waals surface area contributed by atoms with Crippen LogP contribution in [0.4, 0.5) is 5.69 Å². The van der Waals surface area contributed by atoms with Crippen LogP contribution in [-0.2, 0) is 9.59 Å². The largest absolute Gasteiger partial charge is 0.478 e. The van der Waals surface area contributed by atoms with Gasteiger partial charge in [-0.05, 0) is 25.0 Å². The van der Waals surface area contributed by atoms with Crippen molar-refractivity contribution < 1.29 is 19.5 Å². The molecule has 2 rings (SSSR count). The molecule has 1 aliphatic rings. The van der Waals surface area contributed by atoms with Crippen LogP contribution in [0.15, 0.2) is 18.2 Å². The summed E-state index contributed by atoms with van der Waals surface area (Å²) in [5.41, 5.74) is 0.983. The first-order chi connectivity index (χ1) is 8.99. The van der Waals surface area contributed by atoms with Crippen molar-refractivity contribution in [1.82, 2.24) is 5.32 Å². The SMILES string of the molecule is Cc1cccc(C(=O)O)c1NC(=O)[C@H]1CCC(=O)N1. The number of hydrogen-bond acceptors (Lipinski definition) is 3. The van der Waals surface area contributed by atoms with Crippen molar-refractivity contribution in [3.05, 3.63) is 29.3 Å². The third-order valence-electron chi connectivity index (χ3n) is 3.06. The zero-order chi connectivity index (χ0) is 14.0. The summed E-state index contributed by atoms with van der Waals surface area (Å²) in [4.78, 5) is 34.1. The van der Waals surface area contributed by atoms with Crippen LogP contribution in [-0.4, -0.2) is 28.9 Å². The molecule has 3 N–H and O–H groups in total. The fourth-order valence-electron chi connectivity index (χ4n) is 2.03. The fraction of sp³-hybridized carbons (Fsp3) is 0.308. The smallest absolute Gasteiger partial charge is 0.337 e. The van der Waals surface area contributed by atoms with Crippen LogP contribution >= 0.6 is 0 Å². The van der Waals surface area contributed by atoms with Gasteiger partial charge in [0.1, 0.15) is 6.04 Å². The highest BCUT2D eigenvalue weighted by molar-refractivity contribution is 6.04. The lowest BCUT2D eigenvalue weighted by atomic mass is 10.1. The molecule has 0 bridgehead atoms. The van der Waals surface area contributed by atoms with Gasteiger partial charge in [-0.15, -0.1) is 0 Å². The van der Waals surface area contributed by atoms with Gasteiger partial charge in [0.15, 0.2) is 0 Å². The Morgan fingerprint density at radius 2 is 2.16 bits per heavy atom. The van der Waals surface area contributed by atoms with Gasteiger partial charge in [-0.3, -0.25) is 9.59 Å². The number of benzene rings is 1. The number of rotatable bonds is 3. The van der Waals surface area contributed by atoms with Crippen LogP contribution in [0.5, 0.6) is 0 Å². The van der Waals surface area contributed by atoms with Crippen molar-refractivity contribution in [2.45, 2.75) is 25.8 Å². The summed E-state index contributed by atoms with van der Waals surface area (Å²) >= 11 is 0. The van der Waals surface area contributed by atoms with E-state index in [-0.39, 0.29) is 23.1 Å². The van der Waals surface area contributed by atoms with Gasteiger partial charge in [-0.2, -0.15) is 0 Å². The van der Waals surface area contributed by atoms with E-state index >= 15 is 0 Å². The molecule has 6 nitrogen and oxygen atoms in total. The van der Waals surface area contributed by atoms with Crippen LogP contribution in [0.3, 0.4) is 0 Å². The van der Waals surface area contributed by atoms with Gasteiger partial charge in [-0.25, -0.2) is 4.79 Å². The van der Waals surface area contributed by atoms with Crippen molar-refractivity contribution in [2.75, 3.05) is 5.32 Å². The molecule has 6 heteroatoms. The Bertz CT molecular complexity index is 554. The number of anilines is 1. The first-order valence-electron chi connectivity index (χ1n) is 5.92. The highest BCUT2D eigenvalue weighted by atomic mass is 16.4. The first kappa shape index (κ1) is 13.1. The molecule has 0 saturated carbocycles. The number of nitrogens with one attached hydrogen (secondary N) is 2. The molecule has 0 unspecified atom stereocenters. The minimum Gasteiger partial charge on any atom is -0.478 e. The highest BCUT2D eigenvalue weighted by Crippen LogP contribution is 2.21. The van der Waals surface area contributed by atoms with Crippen LogP contribution in [0, 0.1) is 6.92 Å². The van der Waals surface area contributed by atoms with Crippen molar-refractivity contribution in [3.8, 4) is 0 Å². The van der Waals surface area contributed by atoms with Crippen molar-refractivity contribution in [3.63, 3.8) is 0 Å². The quantitative estimate of drug-likeness (QED) is 0.754. The summed E-state index contributed by atoms with van der Waals surface area (Å²) in [6, 6.07) is 4.17. The summed E-state index contributed by atoms with van der Waals surface area (Å²) in [6.07, 6.45) is 0.747. The maximum absolute atomic E-state index is 12.0. The summed E-state index contributed by atoms with van der Waals surface area (Å²) in [5, 5.41) is 14.2. The molecule has 1 atom stereocenters. The number of aromatic carboxylic acids is 1. The van der Waals surface area contributed by atoms with Crippen LogP contribution < -0.4 is 10.6 Å². The third kappa shape index (κ3) is 2.73. The Kier molecular flexibility index (Phi) is 3.50. The highest BCUT2D eigenvalue weighted by Gasteiger charge is 2.28. The Balaban J connectivity index is 2.21. The van der Waals surface area contributed by atoms with E-state index in [4.69, 9.17) is 5.11 Å². The topological polar surface area (TPSA) is 95.5 Å². The van der Waals surface area contributed by atoms with E-state index in [2.05, 4.69) is 10.6 Å². The predicted octanol–water partition coefficient (Wildman–Crippen LogP) is 0.910. The molecule has 0 spiro atoms. The molecule has 1 aliphatic heterocycles. The Morgan fingerprint density at radius 3 is 2.74 bits per heavy atom. The lowest BCUT2D eigenvalue weighted by Crippen LogP contribution is -2.37. The molecular formula is C13H14N2O4. The average molecular weight is 262 g/mol. The maximum atomic E-state index is 12.0. The van der Waals surface area contributed by atoms with Gasteiger partial charge in [0.25, 0.3) is 0 Å². The normalized spacial score (nSPS) is 17.9. The number of carbonyl (C=O) groups excluding carboxylic acids is 2. The minimum absolute atomic E-state index is 0.0395. The molecule has 1 aromatic rings. The van der Waals surface area contributed by atoms with Crippen LogP contribution in [0.1, 0.15) is 28.8 Å². The zero-order valence-electron chi connectivity index (χ0n) is 10.4. The molecule has 19 heavy (non-hydrogen) atoms. The molecule has 1 saturated heterocycles. The lowest BCUT2D eigenvalue weighted by Gasteiger charge is -2.14. The van der Waals surface area contributed by atoms with Gasteiger partial charge < -0.3 is 15.7 Å². The predicted molar refractivity (Wildman–Crippen MR) is 67.9 cm³/mol. The number of hydrogen-bond donors (Lipinski definition) is 3. The van der Waals surface area contributed by atoms with Crippen molar-refractivity contribution in [2.24, 2.45) is 0 Å². The Hall–Kier alpha value is -2.37. The molecule has 2 amide bonds. The number of carboxylic acids is 1. The number of aryl methyl sites for hydroxylation is 1. The molecule has 0 aromatic heterocycles. The standard InChI is InChI=1S/C13H14N2O4/c1-7-3-2-4-8(13(18)19)11(7)15-12(17)9-5-6-10(16)14-9/h2-4,9H,5-6H2,1H3,(H,14,16)(H,15,17)(H,18,19)/t9-/m1/s1. The Morgan fingerprint density at radius 1 is 1.42 bits per heavy atom. The van der Waals surface area contributed by atoms with Crippen molar-refractivity contribution >= 4 is 23.5 Å². The van der Waals surface area contributed by atoms with E-state index in [1.165, 1.54) is 6.07 Å². The molecule has 1 heterocycles. The Labute approximate surface area is 109 Å².